The Hall–Kier alpha value is -3.16. The van der Waals surface area contributed by atoms with Gasteiger partial charge in [0.1, 0.15) is 0 Å². The number of carbonyl (C=O) groups excluding carboxylic acids is 1. The minimum absolute atomic E-state index is 0.245. The van der Waals surface area contributed by atoms with E-state index in [0.29, 0.717) is 5.69 Å². The predicted octanol–water partition coefficient (Wildman–Crippen LogP) is 4.24. The Bertz CT molecular complexity index is 1030. The van der Waals surface area contributed by atoms with Gasteiger partial charge in [-0.3, -0.25) is 4.55 Å². The van der Waals surface area contributed by atoms with Gasteiger partial charge < -0.3 is 10.6 Å². The van der Waals surface area contributed by atoms with Crippen LogP contribution in [0, 0.1) is 0 Å². The molecular weight excluding hydrogens is 352 g/mol. The molecule has 3 aromatic carbocycles. The molecule has 7 heteroatoms. The Balaban J connectivity index is 1.80. The zero-order valence-corrected chi connectivity index (χ0v) is 14.4. The van der Waals surface area contributed by atoms with Gasteiger partial charge in [-0.15, -0.1) is 0 Å². The molecule has 3 rings (SSSR count). The van der Waals surface area contributed by atoms with Crippen LogP contribution < -0.4 is 10.6 Å². The first-order chi connectivity index (χ1) is 12.4. The molecule has 3 aromatic rings. The number of carbonyl (C=O) groups is 1. The summed E-state index contributed by atoms with van der Waals surface area (Å²) in [6.07, 6.45) is 0. The normalized spacial score (nSPS) is 11.0. The number of anilines is 2. The fourth-order valence-corrected chi connectivity index (χ4v) is 3.01. The number of para-hydroxylation sites is 1. The molecule has 6 nitrogen and oxygen atoms in total. The first kappa shape index (κ1) is 17.7. The van der Waals surface area contributed by atoms with E-state index in [9.17, 15) is 13.2 Å². The van der Waals surface area contributed by atoms with Crippen LogP contribution in [0.1, 0.15) is 0 Å². The Kier molecular flexibility index (Phi) is 5.01. The highest BCUT2D eigenvalue weighted by atomic mass is 32.2. The summed E-state index contributed by atoms with van der Waals surface area (Å²) in [7, 11) is -4.33. The second-order valence-corrected chi connectivity index (χ2v) is 6.92. The van der Waals surface area contributed by atoms with Crippen LogP contribution in [0.4, 0.5) is 16.2 Å². The topological polar surface area (TPSA) is 95.5 Å². The highest BCUT2D eigenvalue weighted by Gasteiger charge is 2.12. The molecule has 0 radical (unpaired) electrons. The van der Waals surface area contributed by atoms with E-state index in [-0.39, 0.29) is 10.6 Å². The SMILES string of the molecule is O=C(Nc1cccc(S(=O)(=O)O)c1)Nc1ccccc1-c1ccccc1. The van der Waals surface area contributed by atoms with Crippen molar-refractivity contribution in [2.75, 3.05) is 10.6 Å². The zero-order valence-electron chi connectivity index (χ0n) is 13.6. The average Bonchev–Trinajstić information content (AvgIpc) is 2.62. The van der Waals surface area contributed by atoms with Gasteiger partial charge in [0.2, 0.25) is 0 Å². The van der Waals surface area contributed by atoms with Crippen LogP contribution in [0.5, 0.6) is 0 Å². The van der Waals surface area contributed by atoms with Gasteiger partial charge in [0.15, 0.2) is 0 Å². The lowest BCUT2D eigenvalue weighted by Gasteiger charge is -2.12. The van der Waals surface area contributed by atoms with Gasteiger partial charge in [0.05, 0.1) is 10.6 Å². The first-order valence-corrected chi connectivity index (χ1v) is 9.17. The third kappa shape index (κ3) is 4.27. The molecule has 0 spiro atoms. The molecule has 132 valence electrons. The van der Waals surface area contributed by atoms with Crippen LogP contribution in [-0.4, -0.2) is 19.0 Å². The summed E-state index contributed by atoms with van der Waals surface area (Å²) in [5.41, 5.74) is 2.67. The molecule has 0 heterocycles. The third-order valence-corrected chi connectivity index (χ3v) is 4.50. The van der Waals surface area contributed by atoms with E-state index in [1.54, 1.807) is 12.1 Å². The molecule has 0 unspecified atom stereocenters. The molecule has 3 N–H and O–H groups in total. The maximum Gasteiger partial charge on any atom is 0.323 e. The minimum Gasteiger partial charge on any atom is -0.308 e. The van der Waals surface area contributed by atoms with Crippen molar-refractivity contribution in [1.29, 1.82) is 0 Å². The highest BCUT2D eigenvalue weighted by Crippen LogP contribution is 2.27. The van der Waals surface area contributed by atoms with Crippen LogP contribution in [0.15, 0.2) is 83.8 Å². The fourth-order valence-electron chi connectivity index (χ4n) is 2.48. The second-order valence-electron chi connectivity index (χ2n) is 5.49. The van der Waals surface area contributed by atoms with Gasteiger partial charge in [0, 0.05) is 11.3 Å². The van der Waals surface area contributed by atoms with Crippen LogP contribution in [-0.2, 0) is 10.1 Å². The van der Waals surface area contributed by atoms with Crippen molar-refractivity contribution in [2.24, 2.45) is 0 Å². The van der Waals surface area contributed by atoms with E-state index >= 15 is 0 Å². The van der Waals surface area contributed by atoms with Gasteiger partial charge in [-0.2, -0.15) is 8.42 Å². The lowest BCUT2D eigenvalue weighted by atomic mass is 10.0. The summed E-state index contributed by atoms with van der Waals surface area (Å²) in [5.74, 6) is 0. The highest BCUT2D eigenvalue weighted by molar-refractivity contribution is 7.85. The van der Waals surface area contributed by atoms with Gasteiger partial charge in [-0.05, 0) is 29.8 Å². The van der Waals surface area contributed by atoms with E-state index in [2.05, 4.69) is 10.6 Å². The number of rotatable bonds is 4. The molecular formula is C19H16N2O4S. The van der Waals surface area contributed by atoms with Crippen molar-refractivity contribution in [1.82, 2.24) is 0 Å². The lowest BCUT2D eigenvalue weighted by molar-refractivity contribution is 0.262. The van der Waals surface area contributed by atoms with Crippen molar-refractivity contribution in [3.05, 3.63) is 78.9 Å². The quantitative estimate of drug-likeness (QED) is 0.600. The molecule has 0 aliphatic heterocycles. The molecule has 0 saturated carbocycles. The molecule has 0 atom stereocenters. The number of nitrogens with one attached hydrogen (secondary N) is 2. The van der Waals surface area contributed by atoms with Crippen LogP contribution in [0.25, 0.3) is 11.1 Å². The maximum atomic E-state index is 12.3. The maximum absolute atomic E-state index is 12.3. The van der Waals surface area contributed by atoms with Crippen molar-refractivity contribution in [3.63, 3.8) is 0 Å². The molecule has 0 aromatic heterocycles. The third-order valence-electron chi connectivity index (χ3n) is 3.65. The molecule has 0 aliphatic carbocycles. The summed E-state index contributed by atoms with van der Waals surface area (Å²) >= 11 is 0. The van der Waals surface area contributed by atoms with Gasteiger partial charge >= 0.3 is 6.03 Å². The Morgan fingerprint density at radius 2 is 1.50 bits per heavy atom. The Morgan fingerprint density at radius 3 is 2.23 bits per heavy atom. The summed E-state index contributed by atoms with van der Waals surface area (Å²) in [4.78, 5) is 12.0. The van der Waals surface area contributed by atoms with Crippen LogP contribution in [0.2, 0.25) is 0 Å². The van der Waals surface area contributed by atoms with E-state index in [4.69, 9.17) is 4.55 Å². The van der Waals surface area contributed by atoms with Gasteiger partial charge in [0.25, 0.3) is 10.1 Å². The van der Waals surface area contributed by atoms with E-state index in [0.717, 1.165) is 11.1 Å². The van der Waals surface area contributed by atoms with E-state index in [1.807, 2.05) is 42.5 Å². The zero-order chi connectivity index (χ0) is 18.6. The predicted molar refractivity (Wildman–Crippen MR) is 101 cm³/mol. The number of amides is 2. The van der Waals surface area contributed by atoms with Crippen LogP contribution >= 0.6 is 0 Å². The van der Waals surface area contributed by atoms with E-state index in [1.165, 1.54) is 24.3 Å². The standard InChI is InChI=1S/C19H16N2O4S/c22-19(20-15-9-6-10-16(13-15)26(23,24)25)21-18-12-5-4-11-17(18)14-7-2-1-3-8-14/h1-13H,(H2,20,21,22)(H,23,24,25). The molecule has 0 aliphatic rings. The van der Waals surface area contributed by atoms with Crippen molar-refractivity contribution < 1.29 is 17.8 Å². The number of hydrogen-bond donors (Lipinski definition) is 3. The average molecular weight is 368 g/mol. The number of benzene rings is 3. The summed E-state index contributed by atoms with van der Waals surface area (Å²) in [6.45, 7) is 0. The smallest absolute Gasteiger partial charge is 0.308 e. The van der Waals surface area contributed by atoms with Gasteiger partial charge in [-0.25, -0.2) is 4.79 Å². The van der Waals surface area contributed by atoms with Crippen molar-refractivity contribution >= 4 is 27.5 Å². The summed E-state index contributed by atoms with van der Waals surface area (Å²) < 4.78 is 31.5. The largest absolute Gasteiger partial charge is 0.323 e. The second kappa shape index (κ2) is 7.38. The van der Waals surface area contributed by atoms with Crippen LogP contribution in [0.3, 0.4) is 0 Å². The summed E-state index contributed by atoms with van der Waals surface area (Å²) in [6, 6.07) is 21.8. The molecule has 0 fully saturated rings. The number of hydrogen-bond acceptors (Lipinski definition) is 3. The molecule has 0 bridgehead atoms. The fraction of sp³-hybridized carbons (Fsp3) is 0. The molecule has 0 saturated heterocycles. The lowest BCUT2D eigenvalue weighted by Crippen LogP contribution is -2.20. The molecule has 26 heavy (non-hydrogen) atoms. The number of urea groups is 1. The Morgan fingerprint density at radius 1 is 0.808 bits per heavy atom. The van der Waals surface area contributed by atoms with Crippen molar-refractivity contribution in [3.8, 4) is 11.1 Å². The Labute approximate surface area is 151 Å². The minimum atomic E-state index is -4.33. The van der Waals surface area contributed by atoms with Crippen molar-refractivity contribution in [2.45, 2.75) is 4.90 Å². The van der Waals surface area contributed by atoms with E-state index < -0.39 is 16.1 Å². The summed E-state index contributed by atoms with van der Waals surface area (Å²) in [5, 5.41) is 5.31. The van der Waals surface area contributed by atoms with Gasteiger partial charge in [-0.1, -0.05) is 54.6 Å². The first-order valence-electron chi connectivity index (χ1n) is 7.73. The monoisotopic (exact) mass is 368 g/mol. The molecule has 2 amide bonds.